The summed E-state index contributed by atoms with van der Waals surface area (Å²) in [5.74, 6) is -2.82. The number of esters is 1. The lowest BCUT2D eigenvalue weighted by atomic mass is 9.77. The smallest absolute Gasteiger partial charge is 0.459 e. The highest BCUT2D eigenvalue weighted by Gasteiger charge is 2.53. The lowest BCUT2D eigenvalue weighted by Gasteiger charge is -2.49. The van der Waals surface area contributed by atoms with E-state index in [0.29, 0.717) is 13.0 Å². The lowest BCUT2D eigenvalue weighted by molar-refractivity contribution is -0.318. The average molecular weight is 833 g/mol. The zero-order valence-electron chi connectivity index (χ0n) is 37.5. The highest BCUT2D eigenvalue weighted by Crippen LogP contribution is 2.40. The largest absolute Gasteiger partial charge is 0.509 e. The third-order valence-electron chi connectivity index (χ3n) is 12.7. The number of carbonyl (C=O) groups is 2. The fourth-order valence-electron chi connectivity index (χ4n) is 9.12. The number of methoxy groups -OCH3 is 1. The minimum atomic E-state index is -1.83. The number of rotatable bonds is 10. The van der Waals surface area contributed by atoms with Crippen molar-refractivity contribution in [2.45, 2.75) is 185 Å². The van der Waals surface area contributed by atoms with E-state index in [2.05, 4.69) is 6.58 Å². The second kappa shape index (κ2) is 20.7. The van der Waals surface area contributed by atoms with Crippen LogP contribution in [-0.4, -0.2) is 174 Å². The molecule has 18 atom stereocenters. The average Bonchev–Trinajstić information content (AvgIpc) is 3.14. The maximum Gasteiger partial charge on any atom is 0.509 e. The first-order chi connectivity index (χ1) is 26.8. The summed E-state index contributed by atoms with van der Waals surface area (Å²) in [5, 5.41) is 47.1. The van der Waals surface area contributed by atoms with Gasteiger partial charge in [-0.3, -0.25) is 4.79 Å². The van der Waals surface area contributed by atoms with Gasteiger partial charge in [-0.2, -0.15) is 0 Å². The second-order valence-corrected chi connectivity index (χ2v) is 18.1. The fraction of sp³-hybridized carbons (Fsp3) is 0.905. The van der Waals surface area contributed by atoms with E-state index in [1.165, 1.54) is 20.1 Å². The number of likely N-dealkylation sites (N-methyl/N-ethyl adjacent to an activating group) is 2. The molecule has 0 amide bonds. The van der Waals surface area contributed by atoms with Gasteiger partial charge in [0.25, 0.3) is 0 Å². The monoisotopic (exact) mass is 833 g/mol. The van der Waals surface area contributed by atoms with Crippen molar-refractivity contribution in [1.29, 1.82) is 0 Å². The molecule has 3 saturated heterocycles. The van der Waals surface area contributed by atoms with Gasteiger partial charge in [0.15, 0.2) is 18.7 Å². The zero-order chi connectivity index (χ0) is 44.1. The summed E-state index contributed by atoms with van der Waals surface area (Å²) in [6.07, 6.45) is -8.43. The number of nitrogens with zero attached hydrogens (tertiary/aromatic N) is 2. The third kappa shape index (κ3) is 11.9. The van der Waals surface area contributed by atoms with Crippen molar-refractivity contribution in [3.05, 3.63) is 12.7 Å². The topological polar surface area (TPSA) is 195 Å². The Kier molecular flexibility index (Phi) is 18.0. The summed E-state index contributed by atoms with van der Waals surface area (Å²) in [6.45, 7) is 21.3. The molecular formula is C42H76N2O14. The Hall–Kier alpha value is -1.96. The van der Waals surface area contributed by atoms with Gasteiger partial charge in [0.2, 0.25) is 0 Å². The van der Waals surface area contributed by atoms with E-state index in [9.17, 15) is 30.0 Å². The number of cyclic esters (lactones) is 1. The van der Waals surface area contributed by atoms with Gasteiger partial charge in [0.05, 0.1) is 47.6 Å². The van der Waals surface area contributed by atoms with Crippen molar-refractivity contribution >= 4 is 12.1 Å². The molecule has 0 aromatic rings. The van der Waals surface area contributed by atoms with Crippen LogP contribution in [-0.2, 0) is 42.7 Å². The molecule has 0 bridgehead atoms. The molecule has 58 heavy (non-hydrogen) atoms. The number of hydrogen-bond acceptors (Lipinski definition) is 16. The molecule has 0 radical (unpaired) electrons. The number of hydrogen-bond donors (Lipinski definition) is 4. The van der Waals surface area contributed by atoms with Gasteiger partial charge in [-0.15, -0.1) is 0 Å². The van der Waals surface area contributed by atoms with Gasteiger partial charge >= 0.3 is 12.1 Å². The van der Waals surface area contributed by atoms with Crippen LogP contribution in [0.2, 0.25) is 0 Å². The van der Waals surface area contributed by atoms with E-state index in [4.69, 9.17) is 37.9 Å². The maximum atomic E-state index is 14.4. The SMILES string of the molecule is C=CCOC(=O)O[C@H]1[C@H](O[C@@H]2[C@@H](C)[C@H](O[C@H]3C[C@@](C)(OC)[C@@H](O)[C@H](C)O3)[C@@H](C)C(=O)O[C@H](CC)[C@@](C)(O)[C@H](O)[C@@H](C)N(C)C[C@H](C)C[C@@]2(C)O)O[C@H](C)C[C@@H]1N(C)C. The van der Waals surface area contributed by atoms with Crippen LogP contribution in [0.5, 0.6) is 0 Å². The molecule has 3 aliphatic rings. The van der Waals surface area contributed by atoms with Crippen molar-refractivity contribution in [1.82, 2.24) is 9.80 Å². The van der Waals surface area contributed by atoms with Crippen molar-refractivity contribution in [3.63, 3.8) is 0 Å². The summed E-state index contributed by atoms with van der Waals surface area (Å²) in [4.78, 5) is 31.1. The quantitative estimate of drug-likeness (QED) is 0.185. The minimum Gasteiger partial charge on any atom is -0.459 e. The molecular weight excluding hydrogens is 756 g/mol. The van der Waals surface area contributed by atoms with Gasteiger partial charge in [0, 0.05) is 32.0 Å². The second-order valence-electron chi connectivity index (χ2n) is 18.1. The van der Waals surface area contributed by atoms with Gasteiger partial charge in [-0.25, -0.2) is 4.79 Å². The van der Waals surface area contributed by atoms with Crippen LogP contribution in [0.4, 0.5) is 4.79 Å². The van der Waals surface area contributed by atoms with Crippen molar-refractivity contribution in [3.8, 4) is 0 Å². The van der Waals surface area contributed by atoms with Crippen LogP contribution in [0.3, 0.4) is 0 Å². The Balaban J connectivity index is 2.23. The Morgan fingerprint density at radius 1 is 1.00 bits per heavy atom. The van der Waals surface area contributed by atoms with E-state index < -0.39 is 102 Å². The Morgan fingerprint density at radius 2 is 1.64 bits per heavy atom. The van der Waals surface area contributed by atoms with Gasteiger partial charge in [-0.05, 0) is 94.8 Å². The molecule has 3 heterocycles. The minimum absolute atomic E-state index is 0.0698. The molecule has 16 heteroatoms. The molecule has 4 N–H and O–H groups in total. The van der Waals surface area contributed by atoms with Crippen LogP contribution in [0.25, 0.3) is 0 Å². The molecule has 0 aromatic carbocycles. The molecule has 3 fully saturated rings. The standard InChI is InChI=1S/C42H76N2O14/c1-16-18-52-39(48)57-33-29(43(12)13)19-24(4)53-38(33)58-36-25(5)32(56-31-21-41(10,51-15)35(46)28(8)54-31)26(6)37(47)55-30(17-2)42(11,50)34(45)27(7)44(14)22-23(3)20-40(36,9)49/h16,23-36,38,45-46,49-50H,1,17-22H2,2-15H3/t23-,24-,25+,26-,27-,28+,29+,30-,31+,32+,33-,34-,35+,36-,38+,40-,41-,42-/m1/s1. The maximum absolute atomic E-state index is 14.4. The Bertz CT molecular complexity index is 1330. The fourth-order valence-corrected chi connectivity index (χ4v) is 9.12. The van der Waals surface area contributed by atoms with E-state index in [1.807, 2.05) is 44.8 Å². The Labute approximate surface area is 346 Å². The number of ether oxygens (including phenoxy) is 8. The van der Waals surface area contributed by atoms with Crippen LogP contribution < -0.4 is 0 Å². The van der Waals surface area contributed by atoms with E-state index >= 15 is 0 Å². The predicted octanol–water partition coefficient (Wildman–Crippen LogP) is 3.25. The molecule has 0 spiro atoms. The highest BCUT2D eigenvalue weighted by atomic mass is 16.8. The summed E-state index contributed by atoms with van der Waals surface area (Å²) in [5.41, 5.74) is -4.54. The van der Waals surface area contributed by atoms with Gasteiger partial charge in [-0.1, -0.05) is 33.4 Å². The van der Waals surface area contributed by atoms with Crippen LogP contribution in [0, 0.1) is 17.8 Å². The lowest BCUT2D eigenvalue weighted by Crippen LogP contribution is -2.61. The molecule has 3 rings (SSSR count). The first kappa shape index (κ1) is 50.4. The molecule has 16 nitrogen and oxygen atoms in total. The van der Waals surface area contributed by atoms with Crippen LogP contribution in [0.1, 0.15) is 94.9 Å². The zero-order valence-corrected chi connectivity index (χ0v) is 37.5. The molecule has 0 saturated carbocycles. The van der Waals surface area contributed by atoms with Crippen LogP contribution >= 0.6 is 0 Å². The summed E-state index contributed by atoms with van der Waals surface area (Å²) >= 11 is 0. The highest BCUT2D eigenvalue weighted by molar-refractivity contribution is 5.73. The number of aliphatic hydroxyl groups is 4. The van der Waals surface area contributed by atoms with E-state index in [1.54, 1.807) is 48.5 Å². The summed E-state index contributed by atoms with van der Waals surface area (Å²) in [6, 6.07) is -0.947. The Morgan fingerprint density at radius 3 is 2.21 bits per heavy atom. The molecule has 0 aromatic heterocycles. The number of carbonyl (C=O) groups excluding carboxylic acids is 2. The summed E-state index contributed by atoms with van der Waals surface area (Å²) in [7, 11) is 7.04. The molecule has 338 valence electrons. The van der Waals surface area contributed by atoms with Crippen molar-refractivity contribution in [2.75, 3.05) is 41.4 Å². The number of aliphatic hydroxyl groups excluding tert-OH is 2. The van der Waals surface area contributed by atoms with Gasteiger partial charge < -0.3 is 68.1 Å². The first-order valence-electron chi connectivity index (χ1n) is 20.8. The molecule has 0 aliphatic carbocycles. The first-order valence-corrected chi connectivity index (χ1v) is 20.8. The van der Waals surface area contributed by atoms with E-state index in [-0.39, 0.29) is 43.9 Å². The van der Waals surface area contributed by atoms with Crippen molar-refractivity contribution in [2.24, 2.45) is 17.8 Å². The normalized spacial score (nSPS) is 45.4. The summed E-state index contributed by atoms with van der Waals surface area (Å²) < 4.78 is 49.2. The van der Waals surface area contributed by atoms with Gasteiger partial charge in [0.1, 0.15) is 30.5 Å². The third-order valence-corrected chi connectivity index (χ3v) is 12.7. The predicted molar refractivity (Wildman–Crippen MR) is 215 cm³/mol. The van der Waals surface area contributed by atoms with Crippen molar-refractivity contribution < 1.29 is 67.9 Å². The molecule has 3 aliphatic heterocycles. The van der Waals surface area contributed by atoms with E-state index in [0.717, 1.165) is 0 Å². The molecule has 0 unspecified atom stereocenters. The van der Waals surface area contributed by atoms with Crippen LogP contribution in [0.15, 0.2) is 12.7 Å².